The average molecular weight is 181 g/mol. The van der Waals surface area contributed by atoms with Crippen LogP contribution in [0.3, 0.4) is 0 Å². The Morgan fingerprint density at radius 2 is 2.42 bits per heavy atom. The lowest BCUT2D eigenvalue weighted by atomic mass is 9.97. The van der Waals surface area contributed by atoms with Gasteiger partial charge in [0.05, 0.1) is 11.8 Å². The zero-order valence-electron chi connectivity index (χ0n) is 7.16. The van der Waals surface area contributed by atoms with Crippen LogP contribution >= 0.6 is 11.3 Å². The molecule has 0 aromatic carbocycles. The van der Waals surface area contributed by atoms with Gasteiger partial charge in [0.2, 0.25) is 0 Å². The van der Waals surface area contributed by atoms with Crippen molar-refractivity contribution >= 4 is 11.3 Å². The third-order valence-corrected chi connectivity index (χ3v) is 2.79. The van der Waals surface area contributed by atoms with Gasteiger partial charge >= 0.3 is 0 Å². The first kappa shape index (κ1) is 9.17. The topological polar surface area (TPSA) is 62.7 Å². The summed E-state index contributed by atoms with van der Waals surface area (Å²) in [6.45, 7) is 4.15. The number of hydrogen-bond acceptors (Lipinski definition) is 4. The summed E-state index contributed by atoms with van der Waals surface area (Å²) in [5.41, 5.74) is 5.78. The molecule has 0 saturated carbocycles. The van der Waals surface area contributed by atoms with Crippen LogP contribution in [0.5, 0.6) is 0 Å². The lowest BCUT2D eigenvalue weighted by Gasteiger charge is -2.09. The zero-order valence-corrected chi connectivity index (χ0v) is 7.98. The molecule has 0 radical (unpaired) electrons. The second kappa shape index (κ2) is 3.21. The van der Waals surface area contributed by atoms with Crippen LogP contribution in [0, 0.1) is 11.3 Å². The van der Waals surface area contributed by atoms with E-state index in [9.17, 15) is 0 Å². The van der Waals surface area contributed by atoms with Gasteiger partial charge in [0, 0.05) is 11.9 Å². The third-order valence-electron chi connectivity index (χ3n) is 1.58. The van der Waals surface area contributed by atoms with E-state index >= 15 is 0 Å². The Bertz CT molecular complexity index is 308. The highest BCUT2D eigenvalue weighted by Crippen LogP contribution is 2.25. The Kier molecular flexibility index (Phi) is 2.46. The minimum absolute atomic E-state index is 0.442. The van der Waals surface area contributed by atoms with Crippen LogP contribution in [0.1, 0.15) is 24.5 Å². The summed E-state index contributed by atoms with van der Waals surface area (Å²) in [6, 6.07) is 2.20. The fourth-order valence-electron chi connectivity index (χ4n) is 0.736. The Labute approximate surface area is 75.8 Å². The van der Waals surface area contributed by atoms with E-state index < -0.39 is 5.41 Å². The normalized spacial score (nSPS) is 11.2. The molecule has 0 fully saturated rings. The molecule has 0 aliphatic heterocycles. The van der Waals surface area contributed by atoms with E-state index in [0.717, 1.165) is 10.7 Å². The SMILES string of the molecule is CC(C)(C#N)c1nc(CN)cs1. The van der Waals surface area contributed by atoms with Crippen molar-refractivity contribution in [2.75, 3.05) is 0 Å². The second-order valence-electron chi connectivity index (χ2n) is 3.08. The van der Waals surface area contributed by atoms with Gasteiger partial charge in [-0.25, -0.2) is 4.98 Å². The molecule has 0 atom stereocenters. The van der Waals surface area contributed by atoms with E-state index in [1.165, 1.54) is 11.3 Å². The highest BCUT2D eigenvalue weighted by Gasteiger charge is 2.23. The van der Waals surface area contributed by atoms with Crippen LogP contribution in [0.2, 0.25) is 0 Å². The van der Waals surface area contributed by atoms with Gasteiger partial charge in [-0.15, -0.1) is 11.3 Å². The van der Waals surface area contributed by atoms with Crippen molar-refractivity contribution in [3.8, 4) is 6.07 Å². The molecule has 1 aromatic rings. The highest BCUT2D eigenvalue weighted by atomic mass is 32.1. The Morgan fingerprint density at radius 1 is 1.75 bits per heavy atom. The number of rotatable bonds is 2. The van der Waals surface area contributed by atoms with Gasteiger partial charge in [-0.05, 0) is 13.8 Å². The van der Waals surface area contributed by atoms with Crippen molar-refractivity contribution in [3.63, 3.8) is 0 Å². The fraction of sp³-hybridized carbons (Fsp3) is 0.500. The molecule has 1 heterocycles. The predicted octanol–water partition coefficient (Wildman–Crippen LogP) is 1.40. The number of nitrogens with two attached hydrogens (primary N) is 1. The van der Waals surface area contributed by atoms with Crippen LogP contribution in [0.4, 0.5) is 0 Å². The fourth-order valence-corrected chi connectivity index (χ4v) is 1.64. The minimum atomic E-state index is -0.488. The molecule has 1 aromatic heterocycles. The predicted molar refractivity (Wildman–Crippen MR) is 48.6 cm³/mol. The molecular weight excluding hydrogens is 170 g/mol. The van der Waals surface area contributed by atoms with E-state index in [1.54, 1.807) is 0 Å². The Balaban J connectivity index is 2.98. The van der Waals surface area contributed by atoms with Gasteiger partial charge in [0.25, 0.3) is 0 Å². The smallest absolute Gasteiger partial charge is 0.113 e. The summed E-state index contributed by atoms with van der Waals surface area (Å²) in [4.78, 5) is 4.24. The Hall–Kier alpha value is -0.920. The molecule has 2 N–H and O–H groups in total. The summed E-state index contributed by atoms with van der Waals surface area (Å²) >= 11 is 1.49. The summed E-state index contributed by atoms with van der Waals surface area (Å²) in [5.74, 6) is 0. The number of aromatic nitrogens is 1. The molecule has 0 amide bonds. The van der Waals surface area contributed by atoms with Crippen LogP contribution < -0.4 is 5.73 Å². The quantitative estimate of drug-likeness (QED) is 0.750. The van der Waals surface area contributed by atoms with Crippen molar-refractivity contribution in [2.45, 2.75) is 25.8 Å². The number of hydrogen-bond donors (Lipinski definition) is 1. The average Bonchev–Trinajstić information content (AvgIpc) is 2.52. The Morgan fingerprint density at radius 3 is 2.83 bits per heavy atom. The van der Waals surface area contributed by atoms with Crippen LogP contribution in [0.15, 0.2) is 5.38 Å². The molecule has 0 aliphatic rings. The van der Waals surface area contributed by atoms with Crippen LogP contribution in [-0.4, -0.2) is 4.98 Å². The van der Waals surface area contributed by atoms with Crippen molar-refractivity contribution in [2.24, 2.45) is 5.73 Å². The van der Waals surface area contributed by atoms with Crippen molar-refractivity contribution in [1.29, 1.82) is 5.26 Å². The maximum absolute atomic E-state index is 8.81. The second-order valence-corrected chi connectivity index (χ2v) is 3.94. The highest BCUT2D eigenvalue weighted by molar-refractivity contribution is 7.09. The molecule has 12 heavy (non-hydrogen) atoms. The monoisotopic (exact) mass is 181 g/mol. The first-order valence-electron chi connectivity index (χ1n) is 3.66. The van der Waals surface area contributed by atoms with E-state index in [1.807, 2.05) is 19.2 Å². The van der Waals surface area contributed by atoms with Crippen LogP contribution in [-0.2, 0) is 12.0 Å². The van der Waals surface area contributed by atoms with Gasteiger partial charge in [-0.2, -0.15) is 5.26 Å². The van der Waals surface area contributed by atoms with E-state index in [0.29, 0.717) is 6.54 Å². The molecular formula is C8H11N3S. The number of nitrogens with zero attached hydrogens (tertiary/aromatic N) is 2. The molecule has 4 heteroatoms. The first-order chi connectivity index (χ1) is 5.60. The summed E-state index contributed by atoms with van der Waals surface area (Å²) in [5, 5.41) is 11.6. The summed E-state index contributed by atoms with van der Waals surface area (Å²) < 4.78 is 0. The third kappa shape index (κ3) is 1.63. The maximum Gasteiger partial charge on any atom is 0.113 e. The number of nitriles is 1. The first-order valence-corrected chi connectivity index (χ1v) is 4.54. The molecule has 0 spiro atoms. The minimum Gasteiger partial charge on any atom is -0.325 e. The van der Waals surface area contributed by atoms with E-state index in [-0.39, 0.29) is 0 Å². The van der Waals surface area contributed by atoms with E-state index in [4.69, 9.17) is 11.0 Å². The van der Waals surface area contributed by atoms with Gasteiger partial charge in [0.15, 0.2) is 0 Å². The largest absolute Gasteiger partial charge is 0.325 e. The van der Waals surface area contributed by atoms with Crippen LogP contribution in [0.25, 0.3) is 0 Å². The van der Waals surface area contributed by atoms with E-state index in [2.05, 4.69) is 11.1 Å². The van der Waals surface area contributed by atoms with Gasteiger partial charge in [-0.1, -0.05) is 0 Å². The molecule has 64 valence electrons. The number of thiazole rings is 1. The van der Waals surface area contributed by atoms with Crippen molar-refractivity contribution < 1.29 is 0 Å². The molecule has 0 unspecified atom stereocenters. The lowest BCUT2D eigenvalue weighted by Crippen LogP contribution is -2.13. The molecule has 0 bridgehead atoms. The zero-order chi connectivity index (χ0) is 9.19. The molecule has 3 nitrogen and oxygen atoms in total. The summed E-state index contributed by atoms with van der Waals surface area (Å²) in [6.07, 6.45) is 0. The standard InChI is InChI=1S/C8H11N3S/c1-8(2,5-10)7-11-6(3-9)4-12-7/h4H,3,9H2,1-2H3. The van der Waals surface area contributed by atoms with Gasteiger partial charge < -0.3 is 5.73 Å². The van der Waals surface area contributed by atoms with Gasteiger partial charge in [0.1, 0.15) is 10.4 Å². The summed E-state index contributed by atoms with van der Waals surface area (Å²) in [7, 11) is 0. The van der Waals surface area contributed by atoms with Gasteiger partial charge in [-0.3, -0.25) is 0 Å². The van der Waals surface area contributed by atoms with Crippen molar-refractivity contribution in [1.82, 2.24) is 4.98 Å². The van der Waals surface area contributed by atoms with Crippen molar-refractivity contribution in [3.05, 3.63) is 16.1 Å². The lowest BCUT2D eigenvalue weighted by molar-refractivity contribution is 0.675. The molecule has 0 aliphatic carbocycles. The molecule has 1 rings (SSSR count). The maximum atomic E-state index is 8.81. The molecule has 0 saturated heterocycles.